The molecule has 1 aromatic carbocycles. The molecule has 1 saturated heterocycles. The largest absolute Gasteiger partial charge is 0.352 e. The maximum Gasteiger partial charge on any atom is 0.253 e. The molecule has 0 aromatic heterocycles. The lowest BCUT2D eigenvalue weighted by atomic mass is 9.92. The number of rotatable bonds is 6. The lowest BCUT2D eigenvalue weighted by Gasteiger charge is -2.23. The molecule has 5 nitrogen and oxygen atoms in total. The second-order valence-corrected chi connectivity index (χ2v) is 7.26. The van der Waals surface area contributed by atoms with E-state index in [0.29, 0.717) is 25.2 Å². The van der Waals surface area contributed by atoms with Crippen molar-refractivity contribution in [2.45, 2.75) is 39.7 Å². The van der Waals surface area contributed by atoms with Gasteiger partial charge in [-0.1, -0.05) is 12.1 Å². The van der Waals surface area contributed by atoms with E-state index in [-0.39, 0.29) is 35.6 Å². The number of halogens is 1. The predicted molar refractivity (Wildman–Crippen MR) is 105 cm³/mol. The minimum Gasteiger partial charge on any atom is -0.352 e. The SMILES string of the molecule is CCN(CC)C(=O)c1ccc(CNC(=O)C2CC23CCNCC3)cc1.Cl. The van der Waals surface area contributed by atoms with Gasteiger partial charge in [0.1, 0.15) is 0 Å². The van der Waals surface area contributed by atoms with Gasteiger partial charge in [-0.25, -0.2) is 0 Å². The van der Waals surface area contributed by atoms with Crippen LogP contribution in [0.1, 0.15) is 49.0 Å². The Balaban J connectivity index is 0.00000243. The molecule has 1 aliphatic carbocycles. The van der Waals surface area contributed by atoms with Crippen LogP contribution in [0.25, 0.3) is 0 Å². The first kappa shape index (κ1) is 20.7. The van der Waals surface area contributed by atoms with Crippen LogP contribution in [0, 0.1) is 11.3 Å². The van der Waals surface area contributed by atoms with E-state index in [4.69, 9.17) is 0 Å². The summed E-state index contributed by atoms with van der Waals surface area (Å²) in [6.45, 7) is 8.00. The summed E-state index contributed by atoms with van der Waals surface area (Å²) < 4.78 is 0. The quantitative estimate of drug-likeness (QED) is 0.798. The number of amides is 2. The van der Waals surface area contributed by atoms with Crippen molar-refractivity contribution < 1.29 is 9.59 Å². The number of piperidine rings is 1. The molecular formula is C20H30ClN3O2. The zero-order valence-electron chi connectivity index (χ0n) is 15.7. The maximum absolute atomic E-state index is 12.4. The number of nitrogens with one attached hydrogen (secondary N) is 2. The summed E-state index contributed by atoms with van der Waals surface area (Å²) >= 11 is 0. The Morgan fingerprint density at radius 2 is 1.77 bits per heavy atom. The van der Waals surface area contributed by atoms with Gasteiger partial charge in [0.05, 0.1) is 0 Å². The van der Waals surface area contributed by atoms with Gasteiger partial charge in [0.25, 0.3) is 5.91 Å². The molecule has 1 heterocycles. The van der Waals surface area contributed by atoms with Crippen molar-refractivity contribution >= 4 is 24.2 Å². The monoisotopic (exact) mass is 379 g/mol. The molecule has 1 saturated carbocycles. The Bertz CT molecular complexity index is 622. The van der Waals surface area contributed by atoms with Crippen molar-refractivity contribution in [2.75, 3.05) is 26.2 Å². The third-order valence-electron chi connectivity index (χ3n) is 5.82. The summed E-state index contributed by atoms with van der Waals surface area (Å²) in [7, 11) is 0. The van der Waals surface area contributed by atoms with E-state index >= 15 is 0 Å². The number of benzene rings is 1. The van der Waals surface area contributed by atoms with Gasteiger partial charge in [0, 0.05) is 31.1 Å². The third-order valence-corrected chi connectivity index (χ3v) is 5.82. The molecule has 0 radical (unpaired) electrons. The first-order valence-electron chi connectivity index (χ1n) is 9.46. The zero-order valence-corrected chi connectivity index (χ0v) is 16.5. The molecule has 0 bridgehead atoms. The number of carbonyl (C=O) groups excluding carboxylic acids is 2. The van der Waals surface area contributed by atoms with Crippen LogP contribution in [0.4, 0.5) is 0 Å². The molecule has 6 heteroatoms. The fraction of sp³-hybridized carbons (Fsp3) is 0.600. The highest BCUT2D eigenvalue weighted by atomic mass is 35.5. The fourth-order valence-electron chi connectivity index (χ4n) is 3.97. The minimum atomic E-state index is 0. The van der Waals surface area contributed by atoms with Gasteiger partial charge in [0.2, 0.25) is 5.91 Å². The molecule has 2 amide bonds. The Labute approximate surface area is 162 Å². The van der Waals surface area contributed by atoms with Crippen molar-refractivity contribution in [1.29, 1.82) is 0 Å². The van der Waals surface area contributed by atoms with Crippen LogP contribution >= 0.6 is 12.4 Å². The van der Waals surface area contributed by atoms with E-state index in [9.17, 15) is 9.59 Å². The van der Waals surface area contributed by atoms with Gasteiger partial charge in [-0.15, -0.1) is 12.4 Å². The second kappa shape index (κ2) is 8.87. The van der Waals surface area contributed by atoms with E-state index in [1.807, 2.05) is 43.0 Å². The van der Waals surface area contributed by atoms with Gasteiger partial charge in [-0.05, 0) is 69.3 Å². The van der Waals surface area contributed by atoms with Crippen LogP contribution in [0.5, 0.6) is 0 Å². The molecule has 3 rings (SSSR count). The molecule has 144 valence electrons. The Hall–Kier alpha value is -1.59. The van der Waals surface area contributed by atoms with Crippen LogP contribution in [-0.2, 0) is 11.3 Å². The van der Waals surface area contributed by atoms with Crippen molar-refractivity contribution in [3.63, 3.8) is 0 Å². The van der Waals surface area contributed by atoms with Crippen molar-refractivity contribution in [3.05, 3.63) is 35.4 Å². The molecule has 2 aliphatic rings. The average Bonchev–Trinajstić information content (AvgIpc) is 3.34. The molecule has 1 aliphatic heterocycles. The van der Waals surface area contributed by atoms with Crippen LogP contribution < -0.4 is 10.6 Å². The van der Waals surface area contributed by atoms with E-state index < -0.39 is 0 Å². The molecular weight excluding hydrogens is 350 g/mol. The van der Waals surface area contributed by atoms with Crippen molar-refractivity contribution in [1.82, 2.24) is 15.5 Å². The molecule has 1 aromatic rings. The standard InChI is InChI=1S/C20H29N3O2.ClH/c1-3-23(4-2)19(25)16-7-5-15(6-8-16)14-22-18(24)17-13-20(17)9-11-21-12-10-20;/h5-8,17,21H,3-4,9-14H2,1-2H3,(H,22,24);1H. The van der Waals surface area contributed by atoms with Gasteiger partial charge < -0.3 is 15.5 Å². The molecule has 26 heavy (non-hydrogen) atoms. The first-order valence-corrected chi connectivity index (χ1v) is 9.46. The van der Waals surface area contributed by atoms with E-state index in [0.717, 1.165) is 37.9 Å². The minimum absolute atomic E-state index is 0. The van der Waals surface area contributed by atoms with Crippen LogP contribution in [0.15, 0.2) is 24.3 Å². The summed E-state index contributed by atoms with van der Waals surface area (Å²) in [5.74, 6) is 0.440. The van der Waals surface area contributed by atoms with Gasteiger partial charge in [-0.2, -0.15) is 0 Å². The van der Waals surface area contributed by atoms with Gasteiger partial charge in [-0.3, -0.25) is 9.59 Å². The summed E-state index contributed by atoms with van der Waals surface area (Å²) in [6.07, 6.45) is 3.28. The lowest BCUT2D eigenvalue weighted by molar-refractivity contribution is -0.123. The maximum atomic E-state index is 12.4. The highest BCUT2D eigenvalue weighted by Crippen LogP contribution is 2.58. The molecule has 2 fully saturated rings. The highest BCUT2D eigenvalue weighted by Gasteiger charge is 2.57. The topological polar surface area (TPSA) is 61.4 Å². The lowest BCUT2D eigenvalue weighted by Crippen LogP contribution is -2.33. The van der Waals surface area contributed by atoms with E-state index in [2.05, 4.69) is 10.6 Å². The number of hydrogen-bond acceptors (Lipinski definition) is 3. The van der Waals surface area contributed by atoms with Crippen LogP contribution in [0.2, 0.25) is 0 Å². The Morgan fingerprint density at radius 1 is 1.15 bits per heavy atom. The number of hydrogen-bond donors (Lipinski definition) is 2. The smallest absolute Gasteiger partial charge is 0.253 e. The summed E-state index contributed by atoms with van der Waals surface area (Å²) in [6, 6.07) is 7.58. The third kappa shape index (κ3) is 4.38. The summed E-state index contributed by atoms with van der Waals surface area (Å²) in [5.41, 5.74) is 2.01. The molecule has 1 unspecified atom stereocenters. The van der Waals surface area contributed by atoms with Crippen LogP contribution in [0.3, 0.4) is 0 Å². The van der Waals surface area contributed by atoms with Crippen LogP contribution in [-0.4, -0.2) is 42.9 Å². The molecule has 2 N–H and O–H groups in total. The molecule has 1 atom stereocenters. The van der Waals surface area contributed by atoms with E-state index in [1.165, 1.54) is 0 Å². The van der Waals surface area contributed by atoms with Gasteiger partial charge in [0.15, 0.2) is 0 Å². The number of nitrogens with zero attached hydrogens (tertiary/aromatic N) is 1. The average molecular weight is 380 g/mol. The summed E-state index contributed by atoms with van der Waals surface area (Å²) in [5, 5.41) is 6.44. The second-order valence-electron chi connectivity index (χ2n) is 7.26. The first-order chi connectivity index (χ1) is 12.1. The normalized spacial score (nSPS) is 20.2. The van der Waals surface area contributed by atoms with Crippen molar-refractivity contribution in [3.8, 4) is 0 Å². The Kier molecular flexibility index (Phi) is 7.07. The van der Waals surface area contributed by atoms with Crippen molar-refractivity contribution in [2.24, 2.45) is 11.3 Å². The fourth-order valence-corrected chi connectivity index (χ4v) is 3.97. The predicted octanol–water partition coefficient (Wildman–Crippen LogP) is 2.60. The zero-order chi connectivity index (χ0) is 17.9. The summed E-state index contributed by atoms with van der Waals surface area (Å²) in [4.78, 5) is 26.5. The number of carbonyl (C=O) groups is 2. The van der Waals surface area contributed by atoms with E-state index in [1.54, 1.807) is 0 Å². The highest BCUT2D eigenvalue weighted by molar-refractivity contribution is 5.94. The van der Waals surface area contributed by atoms with Gasteiger partial charge >= 0.3 is 0 Å². The molecule has 1 spiro atoms. The Morgan fingerprint density at radius 3 is 2.35 bits per heavy atom.